The Morgan fingerprint density at radius 3 is 2.92 bits per heavy atom. The topological polar surface area (TPSA) is 69.3 Å². The highest BCUT2D eigenvalue weighted by atomic mass is 35.5. The second-order valence-electron chi connectivity index (χ2n) is 6.07. The van der Waals surface area contributed by atoms with Crippen LogP contribution < -0.4 is 4.90 Å². The second kappa shape index (κ2) is 7.67. The van der Waals surface area contributed by atoms with Gasteiger partial charge in [0.25, 0.3) is 0 Å². The zero-order valence-electron chi connectivity index (χ0n) is 14.8. The molecule has 26 heavy (non-hydrogen) atoms. The molecule has 3 rings (SSSR count). The first-order valence-corrected chi connectivity index (χ1v) is 8.89. The van der Waals surface area contributed by atoms with E-state index in [0.29, 0.717) is 28.5 Å². The molecule has 0 unspecified atom stereocenters. The molecule has 1 aromatic heterocycles. The number of amides is 1. The molecule has 6 heteroatoms. The lowest BCUT2D eigenvalue weighted by Crippen LogP contribution is -2.31. The minimum absolute atomic E-state index is 0.103. The number of nitriles is 1. The van der Waals surface area contributed by atoms with Crippen LogP contribution in [-0.2, 0) is 17.6 Å². The maximum atomic E-state index is 12.8. The first-order chi connectivity index (χ1) is 12.6. The van der Waals surface area contributed by atoms with Gasteiger partial charge in [-0.1, -0.05) is 18.5 Å². The monoisotopic (exact) mass is 366 g/mol. The van der Waals surface area contributed by atoms with Gasteiger partial charge < -0.3 is 4.90 Å². The van der Waals surface area contributed by atoms with Crippen LogP contribution >= 0.6 is 11.6 Å². The molecule has 1 aliphatic rings. The molecule has 0 fully saturated rings. The Labute approximate surface area is 157 Å². The molecule has 0 N–H and O–H groups in total. The Hall–Kier alpha value is -2.71. The number of carbonyl (C=O) groups excluding carboxylic acids is 1. The molecular formula is C20H19ClN4O. The predicted octanol–water partition coefficient (Wildman–Crippen LogP) is 3.57. The number of carbonyl (C=O) groups is 1. The first kappa shape index (κ1) is 18.1. The highest BCUT2D eigenvalue weighted by Crippen LogP contribution is 2.34. The van der Waals surface area contributed by atoms with Crippen LogP contribution in [0.5, 0.6) is 0 Å². The van der Waals surface area contributed by atoms with Crippen LogP contribution in [0.4, 0.5) is 5.69 Å². The minimum Gasteiger partial charge on any atom is -0.310 e. The largest absolute Gasteiger partial charge is 0.310 e. The number of aliphatic imine (C=N–C) groups is 1. The Morgan fingerprint density at radius 2 is 2.27 bits per heavy atom. The average molecular weight is 367 g/mol. The smallest absolute Gasteiger partial charge is 0.233 e. The number of hydrogen-bond donors (Lipinski definition) is 0. The summed E-state index contributed by atoms with van der Waals surface area (Å²) in [6, 6.07) is 9.56. The number of benzene rings is 1. The summed E-state index contributed by atoms with van der Waals surface area (Å²) in [7, 11) is 1.75. The highest BCUT2D eigenvalue weighted by Gasteiger charge is 2.29. The molecule has 0 spiro atoms. The molecule has 1 amide bonds. The summed E-state index contributed by atoms with van der Waals surface area (Å²) in [6.45, 7) is 2.59. The van der Waals surface area contributed by atoms with Crippen molar-refractivity contribution in [2.75, 3.05) is 18.5 Å². The van der Waals surface area contributed by atoms with Crippen molar-refractivity contribution < 1.29 is 4.79 Å². The summed E-state index contributed by atoms with van der Waals surface area (Å²) < 4.78 is 0. The molecule has 0 atom stereocenters. The second-order valence-corrected chi connectivity index (χ2v) is 6.48. The molecular weight excluding hydrogens is 348 g/mol. The quantitative estimate of drug-likeness (QED) is 0.777. The van der Waals surface area contributed by atoms with E-state index in [-0.39, 0.29) is 12.3 Å². The number of pyridine rings is 1. The maximum Gasteiger partial charge on any atom is 0.233 e. The van der Waals surface area contributed by atoms with Crippen molar-refractivity contribution in [2.24, 2.45) is 4.99 Å². The summed E-state index contributed by atoms with van der Waals surface area (Å²) in [4.78, 5) is 23.0. The van der Waals surface area contributed by atoms with Crippen LogP contribution in [0.25, 0.3) is 0 Å². The lowest BCUT2D eigenvalue weighted by molar-refractivity contribution is -0.117. The van der Waals surface area contributed by atoms with E-state index in [9.17, 15) is 10.1 Å². The Balaban J connectivity index is 1.95. The fourth-order valence-electron chi connectivity index (χ4n) is 3.33. The van der Waals surface area contributed by atoms with Gasteiger partial charge in [0.2, 0.25) is 5.91 Å². The normalized spacial score (nSPS) is 13.5. The van der Waals surface area contributed by atoms with E-state index >= 15 is 0 Å². The van der Waals surface area contributed by atoms with Crippen LogP contribution in [0.1, 0.15) is 35.7 Å². The molecule has 0 saturated carbocycles. The van der Waals surface area contributed by atoms with Crippen molar-refractivity contribution >= 4 is 28.9 Å². The molecule has 2 heterocycles. The maximum absolute atomic E-state index is 12.8. The molecule has 0 radical (unpaired) electrons. The number of nitrogens with zero attached hydrogens (tertiary/aromatic N) is 4. The van der Waals surface area contributed by atoms with E-state index in [0.717, 1.165) is 29.7 Å². The van der Waals surface area contributed by atoms with Crippen molar-refractivity contribution in [1.82, 2.24) is 4.98 Å². The first-order valence-electron chi connectivity index (χ1n) is 8.51. The van der Waals surface area contributed by atoms with Gasteiger partial charge in [-0.25, -0.2) is 0 Å². The van der Waals surface area contributed by atoms with Gasteiger partial charge in [-0.2, -0.15) is 5.26 Å². The molecule has 2 aromatic rings. The van der Waals surface area contributed by atoms with E-state index in [2.05, 4.69) is 16.0 Å². The Bertz CT molecular complexity index is 930. The number of aromatic nitrogens is 1. The SMILES string of the molecule is CCC(=NC)c1cc(C#N)c2c(c1)CCN2C(=O)Cc1ncccc1Cl. The summed E-state index contributed by atoms with van der Waals surface area (Å²) in [6.07, 6.45) is 3.25. The van der Waals surface area contributed by atoms with Gasteiger partial charge in [-0.15, -0.1) is 0 Å². The Kier molecular flexibility index (Phi) is 5.34. The molecule has 132 valence electrons. The van der Waals surface area contributed by atoms with Crippen LogP contribution in [0, 0.1) is 11.3 Å². The van der Waals surface area contributed by atoms with Crippen molar-refractivity contribution in [2.45, 2.75) is 26.2 Å². The fraction of sp³-hybridized carbons (Fsp3) is 0.300. The predicted molar refractivity (Wildman–Crippen MR) is 103 cm³/mol. The number of anilines is 1. The summed E-state index contributed by atoms with van der Waals surface area (Å²) in [5, 5.41) is 10.1. The van der Waals surface area contributed by atoms with E-state index < -0.39 is 0 Å². The van der Waals surface area contributed by atoms with Gasteiger partial charge in [0.05, 0.1) is 28.4 Å². The minimum atomic E-state index is -0.103. The van der Waals surface area contributed by atoms with Crippen molar-refractivity contribution in [3.05, 3.63) is 57.9 Å². The molecule has 1 aromatic carbocycles. The van der Waals surface area contributed by atoms with Crippen molar-refractivity contribution in [1.29, 1.82) is 5.26 Å². The summed E-state index contributed by atoms with van der Waals surface area (Å²) in [5.74, 6) is -0.103. The third-order valence-corrected chi connectivity index (χ3v) is 4.92. The van der Waals surface area contributed by atoms with Crippen molar-refractivity contribution in [3.8, 4) is 6.07 Å². The number of hydrogen-bond acceptors (Lipinski definition) is 4. The average Bonchev–Trinajstić information content (AvgIpc) is 3.08. The number of rotatable bonds is 4. The lowest BCUT2D eigenvalue weighted by atomic mass is 9.99. The molecule has 0 saturated heterocycles. The van der Waals surface area contributed by atoms with Gasteiger partial charge in [0.15, 0.2) is 0 Å². The fourth-order valence-corrected chi connectivity index (χ4v) is 3.52. The van der Waals surface area contributed by atoms with Gasteiger partial charge in [0.1, 0.15) is 6.07 Å². The molecule has 5 nitrogen and oxygen atoms in total. The number of fused-ring (bicyclic) bond motifs is 1. The third kappa shape index (κ3) is 3.33. The Morgan fingerprint density at radius 1 is 1.46 bits per heavy atom. The molecule has 1 aliphatic heterocycles. The van der Waals surface area contributed by atoms with Crippen LogP contribution in [-0.4, -0.2) is 30.2 Å². The third-order valence-electron chi connectivity index (χ3n) is 4.58. The zero-order chi connectivity index (χ0) is 18.7. The van der Waals surface area contributed by atoms with E-state index in [1.165, 1.54) is 0 Å². The highest BCUT2D eigenvalue weighted by molar-refractivity contribution is 6.31. The molecule has 0 aliphatic carbocycles. The van der Waals surface area contributed by atoms with E-state index in [1.54, 1.807) is 30.3 Å². The number of halogens is 1. The standard InChI is InChI=1S/C20H19ClN4O/c1-3-17(23-2)14-9-13-6-8-25(20(13)15(10-14)12-22)19(26)11-18-16(21)5-4-7-24-18/h4-5,7,9-10H,3,6,8,11H2,1-2H3. The van der Waals surface area contributed by atoms with Crippen LogP contribution in [0.2, 0.25) is 5.02 Å². The van der Waals surface area contributed by atoms with Gasteiger partial charge in [0, 0.05) is 25.5 Å². The molecule has 0 bridgehead atoms. The summed E-state index contributed by atoms with van der Waals surface area (Å²) >= 11 is 6.12. The van der Waals surface area contributed by atoms with E-state index in [4.69, 9.17) is 11.6 Å². The van der Waals surface area contributed by atoms with Gasteiger partial charge in [-0.3, -0.25) is 14.8 Å². The van der Waals surface area contributed by atoms with Gasteiger partial charge in [-0.05, 0) is 48.2 Å². The van der Waals surface area contributed by atoms with Crippen molar-refractivity contribution in [3.63, 3.8) is 0 Å². The van der Waals surface area contributed by atoms with Crippen LogP contribution in [0.15, 0.2) is 35.5 Å². The van der Waals surface area contributed by atoms with Crippen LogP contribution in [0.3, 0.4) is 0 Å². The zero-order valence-corrected chi connectivity index (χ0v) is 15.5. The lowest BCUT2D eigenvalue weighted by Gasteiger charge is -2.19. The van der Waals surface area contributed by atoms with Gasteiger partial charge >= 0.3 is 0 Å². The van der Waals surface area contributed by atoms with E-state index in [1.807, 2.05) is 19.1 Å². The summed E-state index contributed by atoms with van der Waals surface area (Å²) in [5.41, 5.74) is 4.68.